The number of rotatable bonds is 3. The topological polar surface area (TPSA) is 88.2 Å². The van der Waals surface area contributed by atoms with E-state index in [-0.39, 0.29) is 18.8 Å². The molecule has 4 N–H and O–H groups in total. The molecule has 1 amide bonds. The number of nitrogens with one attached hydrogen (secondary N) is 1. The lowest BCUT2D eigenvalue weighted by Crippen LogP contribution is -2.53. The number of aliphatic hydroxyl groups is 1. The van der Waals surface area contributed by atoms with Crippen LogP contribution >= 0.6 is 0 Å². The summed E-state index contributed by atoms with van der Waals surface area (Å²) in [7, 11) is 0. The Morgan fingerprint density at radius 3 is 2.88 bits per heavy atom. The molecule has 0 aromatic carbocycles. The maximum absolute atomic E-state index is 12.2. The van der Waals surface area contributed by atoms with Crippen molar-refractivity contribution < 1.29 is 14.3 Å². The summed E-state index contributed by atoms with van der Waals surface area (Å²) < 4.78 is 12.2. The molecule has 1 heterocycles. The van der Waals surface area contributed by atoms with Crippen LogP contribution in [0.4, 0.5) is 15.9 Å². The van der Waals surface area contributed by atoms with Crippen molar-refractivity contribution in [1.29, 1.82) is 0 Å². The number of pyridine rings is 1. The van der Waals surface area contributed by atoms with E-state index in [0.29, 0.717) is 11.5 Å². The van der Waals surface area contributed by atoms with Crippen LogP contribution < -0.4 is 11.1 Å². The van der Waals surface area contributed by atoms with E-state index in [2.05, 4.69) is 10.3 Å². The first kappa shape index (κ1) is 11.8. The van der Waals surface area contributed by atoms with Crippen molar-refractivity contribution in [3.05, 3.63) is 18.3 Å². The smallest absolute Gasteiger partial charge is 0.256 e. The van der Waals surface area contributed by atoms with E-state index in [1.165, 1.54) is 6.20 Å². The van der Waals surface area contributed by atoms with E-state index < -0.39 is 18.2 Å². The van der Waals surface area contributed by atoms with Crippen molar-refractivity contribution in [2.45, 2.75) is 18.4 Å². The van der Waals surface area contributed by atoms with E-state index in [4.69, 9.17) is 5.73 Å². The summed E-state index contributed by atoms with van der Waals surface area (Å²) in [6.07, 6.45) is 1.73. The molecule has 0 spiro atoms. The van der Waals surface area contributed by atoms with Crippen molar-refractivity contribution in [3.8, 4) is 0 Å². The van der Waals surface area contributed by atoms with Gasteiger partial charge in [0.1, 0.15) is 11.4 Å². The molecule has 1 saturated carbocycles. The van der Waals surface area contributed by atoms with Gasteiger partial charge in [-0.1, -0.05) is 0 Å². The number of carbonyl (C=O) groups is 1. The van der Waals surface area contributed by atoms with E-state index in [0.717, 1.165) is 0 Å². The second-order valence-corrected chi connectivity index (χ2v) is 4.39. The molecule has 92 valence electrons. The number of nitrogen functional groups attached to an aromatic ring is 1. The highest BCUT2D eigenvalue weighted by Crippen LogP contribution is 2.38. The summed E-state index contributed by atoms with van der Waals surface area (Å²) in [4.78, 5) is 15.5. The van der Waals surface area contributed by atoms with Crippen LogP contribution in [0, 0.1) is 5.92 Å². The standard InChI is InChI=1S/C11H14FN3O2/c12-5-7-3-11(17,4-7)10(16)15-8-1-2-9(13)14-6-8/h1-2,6-7,17H,3-5H2,(H2,13,14)(H,15,16). The Hall–Kier alpha value is -1.69. The minimum atomic E-state index is -1.45. The van der Waals surface area contributed by atoms with Gasteiger partial charge in [-0.2, -0.15) is 0 Å². The average molecular weight is 239 g/mol. The van der Waals surface area contributed by atoms with Crippen LogP contribution in [0.2, 0.25) is 0 Å². The van der Waals surface area contributed by atoms with E-state index in [9.17, 15) is 14.3 Å². The van der Waals surface area contributed by atoms with Crippen LogP contribution in [-0.4, -0.2) is 28.3 Å². The lowest BCUT2D eigenvalue weighted by Gasteiger charge is -2.40. The fourth-order valence-corrected chi connectivity index (χ4v) is 1.92. The second-order valence-electron chi connectivity index (χ2n) is 4.39. The molecule has 5 nitrogen and oxygen atoms in total. The van der Waals surface area contributed by atoms with Crippen LogP contribution in [-0.2, 0) is 4.79 Å². The summed E-state index contributed by atoms with van der Waals surface area (Å²) in [5, 5.41) is 12.4. The molecular weight excluding hydrogens is 225 g/mol. The van der Waals surface area contributed by atoms with E-state index >= 15 is 0 Å². The van der Waals surface area contributed by atoms with Gasteiger partial charge in [0.15, 0.2) is 0 Å². The lowest BCUT2D eigenvalue weighted by molar-refractivity contribution is -0.150. The largest absolute Gasteiger partial charge is 0.384 e. The third-order valence-corrected chi connectivity index (χ3v) is 2.94. The minimum absolute atomic E-state index is 0.164. The Labute approximate surface area is 97.8 Å². The van der Waals surface area contributed by atoms with Gasteiger partial charge in [0.2, 0.25) is 0 Å². The van der Waals surface area contributed by atoms with Crippen LogP contribution in [0.1, 0.15) is 12.8 Å². The van der Waals surface area contributed by atoms with Gasteiger partial charge in [-0.3, -0.25) is 9.18 Å². The van der Waals surface area contributed by atoms with Crippen molar-refractivity contribution in [2.24, 2.45) is 5.92 Å². The summed E-state index contributed by atoms with van der Waals surface area (Å²) in [6, 6.07) is 3.14. The third kappa shape index (κ3) is 2.36. The second kappa shape index (κ2) is 4.29. The normalized spacial score (nSPS) is 27.3. The fraction of sp³-hybridized carbons (Fsp3) is 0.455. The molecule has 1 aromatic rings. The van der Waals surface area contributed by atoms with Crippen molar-refractivity contribution >= 4 is 17.4 Å². The van der Waals surface area contributed by atoms with Crippen molar-refractivity contribution in [2.75, 3.05) is 17.7 Å². The molecule has 1 aromatic heterocycles. The first-order valence-electron chi connectivity index (χ1n) is 5.35. The number of aromatic nitrogens is 1. The molecule has 0 unspecified atom stereocenters. The predicted molar refractivity (Wildman–Crippen MR) is 60.9 cm³/mol. The molecule has 0 atom stereocenters. The number of hydrogen-bond donors (Lipinski definition) is 3. The first-order chi connectivity index (χ1) is 8.03. The fourth-order valence-electron chi connectivity index (χ4n) is 1.92. The predicted octanol–water partition coefficient (Wildman–Crippen LogP) is 0.713. The molecule has 0 radical (unpaired) electrons. The highest BCUT2D eigenvalue weighted by Gasteiger charge is 2.48. The van der Waals surface area contributed by atoms with E-state index in [1.54, 1.807) is 12.1 Å². The van der Waals surface area contributed by atoms with Gasteiger partial charge >= 0.3 is 0 Å². The molecule has 0 aliphatic heterocycles. The minimum Gasteiger partial charge on any atom is -0.384 e. The average Bonchev–Trinajstić information content (AvgIpc) is 2.27. The van der Waals surface area contributed by atoms with Gasteiger partial charge in [0, 0.05) is 0 Å². The number of halogens is 1. The summed E-state index contributed by atoms with van der Waals surface area (Å²) in [5.41, 5.74) is 4.42. The van der Waals surface area contributed by atoms with Gasteiger partial charge in [-0.25, -0.2) is 4.98 Å². The number of nitrogens with two attached hydrogens (primary N) is 1. The zero-order valence-corrected chi connectivity index (χ0v) is 9.19. The SMILES string of the molecule is Nc1ccc(NC(=O)C2(O)CC(CF)C2)cn1. The summed E-state index contributed by atoms with van der Waals surface area (Å²) >= 11 is 0. The highest BCUT2D eigenvalue weighted by molar-refractivity contribution is 5.97. The molecule has 0 saturated heterocycles. The molecule has 2 rings (SSSR count). The highest BCUT2D eigenvalue weighted by atomic mass is 19.1. The number of hydrogen-bond acceptors (Lipinski definition) is 4. The number of anilines is 2. The zero-order chi connectivity index (χ0) is 12.5. The molecular formula is C11H14FN3O2. The first-order valence-corrected chi connectivity index (χ1v) is 5.35. The Bertz CT molecular complexity index is 415. The molecule has 6 heteroatoms. The Kier molecular flexibility index (Phi) is 2.97. The van der Waals surface area contributed by atoms with E-state index in [1.807, 2.05) is 0 Å². The molecule has 1 fully saturated rings. The van der Waals surface area contributed by atoms with Crippen molar-refractivity contribution in [1.82, 2.24) is 4.98 Å². The number of carbonyl (C=O) groups excluding carboxylic acids is 1. The third-order valence-electron chi connectivity index (χ3n) is 2.94. The van der Waals surface area contributed by atoms with Crippen LogP contribution in [0.15, 0.2) is 18.3 Å². The van der Waals surface area contributed by atoms with Gasteiger partial charge in [-0.15, -0.1) is 0 Å². The van der Waals surface area contributed by atoms with Crippen LogP contribution in [0.3, 0.4) is 0 Å². The summed E-state index contributed by atoms with van der Waals surface area (Å²) in [5.74, 6) is -0.382. The molecule has 17 heavy (non-hydrogen) atoms. The molecule has 0 bridgehead atoms. The number of alkyl halides is 1. The van der Waals surface area contributed by atoms with Crippen LogP contribution in [0.5, 0.6) is 0 Å². The van der Waals surface area contributed by atoms with Gasteiger partial charge in [-0.05, 0) is 30.9 Å². The lowest BCUT2D eigenvalue weighted by atomic mass is 9.71. The van der Waals surface area contributed by atoms with Gasteiger partial charge < -0.3 is 16.2 Å². The Morgan fingerprint density at radius 2 is 2.35 bits per heavy atom. The van der Waals surface area contributed by atoms with Crippen LogP contribution in [0.25, 0.3) is 0 Å². The molecule has 1 aliphatic rings. The Morgan fingerprint density at radius 1 is 1.65 bits per heavy atom. The monoisotopic (exact) mass is 239 g/mol. The quantitative estimate of drug-likeness (QED) is 0.725. The number of nitrogens with zero attached hydrogens (tertiary/aromatic N) is 1. The van der Waals surface area contributed by atoms with Gasteiger partial charge in [0.05, 0.1) is 18.6 Å². The zero-order valence-electron chi connectivity index (χ0n) is 9.19. The Balaban J connectivity index is 1.96. The van der Waals surface area contributed by atoms with Crippen molar-refractivity contribution in [3.63, 3.8) is 0 Å². The maximum atomic E-state index is 12.2. The van der Waals surface area contributed by atoms with Gasteiger partial charge in [0.25, 0.3) is 5.91 Å². The summed E-state index contributed by atoms with van der Waals surface area (Å²) in [6.45, 7) is -0.501. The number of amides is 1. The maximum Gasteiger partial charge on any atom is 0.256 e. The molecule has 1 aliphatic carbocycles.